The zero-order valence-corrected chi connectivity index (χ0v) is 11.0. The van der Waals surface area contributed by atoms with Gasteiger partial charge < -0.3 is 10.4 Å². The van der Waals surface area contributed by atoms with E-state index in [1.165, 1.54) is 11.8 Å². The Morgan fingerprint density at radius 3 is 2.29 bits per heavy atom. The van der Waals surface area contributed by atoms with Crippen LogP contribution in [0.25, 0.3) is 0 Å². The van der Waals surface area contributed by atoms with E-state index in [-0.39, 0.29) is 11.8 Å². The van der Waals surface area contributed by atoms with Crippen LogP contribution in [0.15, 0.2) is 0 Å². The van der Waals surface area contributed by atoms with Crippen LogP contribution >= 0.6 is 11.8 Å². The summed E-state index contributed by atoms with van der Waals surface area (Å²) in [7, 11) is 0. The maximum absolute atomic E-state index is 11.2. The summed E-state index contributed by atoms with van der Waals surface area (Å²) in [5, 5.41) is 13.3. The maximum atomic E-state index is 11.2. The first-order valence-corrected chi connectivity index (χ1v) is 6.39. The lowest BCUT2D eigenvalue weighted by Gasteiger charge is -2.09. The van der Waals surface area contributed by atoms with Crippen molar-refractivity contribution in [3.63, 3.8) is 0 Å². The number of thioether (sulfide) groups is 1. The van der Waals surface area contributed by atoms with Crippen LogP contribution in [0.2, 0.25) is 0 Å². The van der Waals surface area contributed by atoms with Gasteiger partial charge in [0.1, 0.15) is 0 Å². The molecule has 0 aliphatic carbocycles. The second-order valence-corrected chi connectivity index (χ2v) is 4.96. The fourth-order valence-corrected chi connectivity index (χ4v) is 1.73. The third kappa shape index (κ3) is 8.56. The van der Waals surface area contributed by atoms with Crippen molar-refractivity contribution in [3.8, 4) is 0 Å². The zero-order chi connectivity index (χ0) is 13.4. The van der Waals surface area contributed by atoms with Gasteiger partial charge in [-0.05, 0) is 13.8 Å². The minimum atomic E-state index is -0.893. The van der Waals surface area contributed by atoms with Gasteiger partial charge in [0.25, 0.3) is 0 Å². The molecule has 98 valence electrons. The summed E-state index contributed by atoms with van der Waals surface area (Å²) in [4.78, 5) is 32.9. The van der Waals surface area contributed by atoms with Gasteiger partial charge in [-0.15, -0.1) is 0 Å². The largest absolute Gasteiger partial charge is 0.481 e. The lowest BCUT2D eigenvalue weighted by atomic mass is 10.2. The van der Waals surface area contributed by atoms with Gasteiger partial charge in [0.05, 0.1) is 11.7 Å². The van der Waals surface area contributed by atoms with Crippen LogP contribution in [0.3, 0.4) is 0 Å². The number of nitrogens with one attached hydrogen (secondary N) is 2. The first-order valence-electron chi connectivity index (χ1n) is 5.23. The summed E-state index contributed by atoms with van der Waals surface area (Å²) >= 11 is 1.19. The normalized spacial score (nSPS) is 12.0. The van der Waals surface area contributed by atoms with Crippen molar-refractivity contribution in [2.75, 3.05) is 11.5 Å². The Balaban J connectivity index is 3.73. The molecule has 0 saturated carbocycles. The van der Waals surface area contributed by atoms with Crippen molar-refractivity contribution in [2.24, 2.45) is 5.92 Å². The molecule has 0 bridgehead atoms. The molecule has 0 aromatic rings. The molecule has 6 nitrogen and oxygen atoms in total. The number of rotatable bonds is 6. The van der Waals surface area contributed by atoms with Gasteiger partial charge in [-0.3, -0.25) is 14.9 Å². The van der Waals surface area contributed by atoms with E-state index in [1.54, 1.807) is 20.8 Å². The Bertz CT molecular complexity index is 294. The molecular formula is C10H18N2O4S. The molecule has 1 unspecified atom stereocenters. The Labute approximate surface area is 105 Å². The van der Waals surface area contributed by atoms with E-state index in [1.807, 2.05) is 0 Å². The van der Waals surface area contributed by atoms with Crippen molar-refractivity contribution in [1.29, 1.82) is 0 Å². The molecule has 0 saturated heterocycles. The number of amides is 3. The Hall–Kier alpha value is -1.24. The molecule has 0 spiro atoms. The Kier molecular flexibility index (Phi) is 7.36. The average Bonchev–Trinajstić information content (AvgIpc) is 2.15. The minimum Gasteiger partial charge on any atom is -0.481 e. The molecule has 3 amide bonds. The summed E-state index contributed by atoms with van der Waals surface area (Å²) < 4.78 is 0. The van der Waals surface area contributed by atoms with Crippen molar-refractivity contribution < 1.29 is 19.5 Å². The highest BCUT2D eigenvalue weighted by molar-refractivity contribution is 7.99. The van der Waals surface area contributed by atoms with Gasteiger partial charge in [0, 0.05) is 11.8 Å². The second kappa shape index (κ2) is 7.94. The molecule has 7 heteroatoms. The summed E-state index contributed by atoms with van der Waals surface area (Å²) in [5.41, 5.74) is 0. The van der Waals surface area contributed by atoms with Gasteiger partial charge in [-0.2, -0.15) is 11.8 Å². The summed E-state index contributed by atoms with van der Waals surface area (Å²) in [6, 6.07) is -0.570. The first kappa shape index (κ1) is 15.8. The maximum Gasteiger partial charge on any atom is 0.321 e. The lowest BCUT2D eigenvalue weighted by Crippen LogP contribution is -2.43. The Morgan fingerprint density at radius 2 is 1.82 bits per heavy atom. The van der Waals surface area contributed by atoms with Crippen LogP contribution in [0.4, 0.5) is 4.79 Å². The van der Waals surface area contributed by atoms with E-state index >= 15 is 0 Å². The van der Waals surface area contributed by atoms with Crippen LogP contribution in [0.1, 0.15) is 20.8 Å². The molecule has 3 N–H and O–H groups in total. The average molecular weight is 262 g/mol. The van der Waals surface area contributed by atoms with E-state index in [2.05, 4.69) is 10.6 Å². The van der Waals surface area contributed by atoms with Crippen molar-refractivity contribution >= 4 is 29.7 Å². The molecule has 0 fully saturated rings. The monoisotopic (exact) mass is 262 g/mol. The van der Waals surface area contributed by atoms with Crippen LogP contribution in [0, 0.1) is 5.92 Å². The topological polar surface area (TPSA) is 95.5 Å². The van der Waals surface area contributed by atoms with Gasteiger partial charge in [0.2, 0.25) is 5.91 Å². The quantitative estimate of drug-likeness (QED) is 0.654. The van der Waals surface area contributed by atoms with Gasteiger partial charge in [-0.1, -0.05) is 6.92 Å². The first-order chi connectivity index (χ1) is 7.82. The number of carbonyl (C=O) groups excluding carboxylic acids is 2. The molecule has 0 heterocycles. The minimum absolute atomic E-state index is 0.0394. The standard InChI is InChI=1S/C10H18N2O4S/c1-6(2)11-10(16)12-8(13)5-17-4-7(3)9(14)15/h6-7H,4-5H2,1-3H3,(H,14,15)(H2,11,12,13,16). The highest BCUT2D eigenvalue weighted by atomic mass is 32.2. The molecule has 0 rings (SSSR count). The summed E-state index contributed by atoms with van der Waals surface area (Å²) in [6.45, 7) is 5.14. The number of carboxylic acid groups (broad SMARTS) is 1. The van der Waals surface area contributed by atoms with E-state index in [9.17, 15) is 14.4 Å². The predicted molar refractivity (Wildman–Crippen MR) is 65.9 cm³/mol. The number of imide groups is 1. The highest BCUT2D eigenvalue weighted by Crippen LogP contribution is 2.07. The number of carboxylic acids is 1. The van der Waals surface area contributed by atoms with Crippen LogP contribution < -0.4 is 10.6 Å². The molecule has 0 aliphatic rings. The number of carbonyl (C=O) groups is 3. The van der Waals surface area contributed by atoms with Gasteiger partial charge in [0.15, 0.2) is 0 Å². The fourth-order valence-electron chi connectivity index (χ4n) is 0.861. The van der Waals surface area contributed by atoms with Crippen LogP contribution in [-0.2, 0) is 9.59 Å². The molecule has 0 aromatic carbocycles. The van der Waals surface area contributed by atoms with E-state index in [4.69, 9.17) is 5.11 Å². The zero-order valence-electron chi connectivity index (χ0n) is 10.1. The van der Waals surface area contributed by atoms with E-state index in [0.717, 1.165) is 0 Å². The highest BCUT2D eigenvalue weighted by Gasteiger charge is 2.13. The summed E-state index contributed by atoms with van der Waals surface area (Å²) in [5.74, 6) is -1.41. The molecule has 0 radical (unpaired) electrons. The molecule has 0 aromatic heterocycles. The number of aliphatic carboxylic acids is 1. The predicted octanol–water partition coefficient (Wildman–Crippen LogP) is 0.674. The second-order valence-electron chi connectivity index (χ2n) is 3.93. The SMILES string of the molecule is CC(C)NC(=O)NC(=O)CSCC(C)C(=O)O. The number of urea groups is 1. The molecule has 17 heavy (non-hydrogen) atoms. The van der Waals surface area contributed by atoms with E-state index < -0.39 is 23.8 Å². The fraction of sp³-hybridized carbons (Fsp3) is 0.700. The van der Waals surface area contributed by atoms with Gasteiger partial charge in [-0.25, -0.2) is 4.79 Å². The van der Waals surface area contributed by atoms with Crippen LogP contribution in [-0.4, -0.2) is 40.6 Å². The van der Waals surface area contributed by atoms with Crippen LogP contribution in [0.5, 0.6) is 0 Å². The summed E-state index contributed by atoms with van der Waals surface area (Å²) in [6.07, 6.45) is 0. The third-order valence-electron chi connectivity index (χ3n) is 1.70. The Morgan fingerprint density at radius 1 is 1.24 bits per heavy atom. The van der Waals surface area contributed by atoms with Gasteiger partial charge >= 0.3 is 12.0 Å². The molecule has 1 atom stereocenters. The molecule has 0 aliphatic heterocycles. The number of hydrogen-bond acceptors (Lipinski definition) is 4. The molecular weight excluding hydrogens is 244 g/mol. The van der Waals surface area contributed by atoms with E-state index in [0.29, 0.717) is 5.75 Å². The van der Waals surface area contributed by atoms with Crippen molar-refractivity contribution in [1.82, 2.24) is 10.6 Å². The van der Waals surface area contributed by atoms with Crippen molar-refractivity contribution in [2.45, 2.75) is 26.8 Å². The number of hydrogen-bond donors (Lipinski definition) is 3. The smallest absolute Gasteiger partial charge is 0.321 e. The third-order valence-corrected chi connectivity index (χ3v) is 2.90. The van der Waals surface area contributed by atoms with Crippen molar-refractivity contribution in [3.05, 3.63) is 0 Å². The lowest BCUT2D eigenvalue weighted by molar-refractivity contribution is -0.140.